The number of aliphatic imine (C=N–C) groups is 1. The first-order valence-electron chi connectivity index (χ1n) is 6.54. The highest BCUT2D eigenvalue weighted by Crippen LogP contribution is 2.18. The summed E-state index contributed by atoms with van der Waals surface area (Å²) in [6, 6.07) is 5.43. The Bertz CT molecular complexity index is 891. The van der Waals surface area contributed by atoms with Crippen molar-refractivity contribution in [3.05, 3.63) is 56.7 Å². The molecule has 0 atom stereocenters. The van der Waals surface area contributed by atoms with E-state index in [9.17, 15) is 4.79 Å². The molecule has 3 rings (SSSR count). The molecule has 3 aromatic rings. The van der Waals surface area contributed by atoms with Crippen LogP contribution in [0, 0.1) is 13.8 Å². The number of rotatable bonds is 3. The number of aromatic nitrogens is 5. The number of nitrogens with zero attached hydrogens (tertiary/aromatic N) is 4. The molecule has 0 fully saturated rings. The van der Waals surface area contributed by atoms with Crippen LogP contribution in [-0.4, -0.2) is 31.2 Å². The summed E-state index contributed by atoms with van der Waals surface area (Å²) in [6.45, 7) is 3.71. The van der Waals surface area contributed by atoms with E-state index in [-0.39, 0.29) is 5.56 Å². The number of aromatic amines is 2. The van der Waals surface area contributed by atoms with Crippen LogP contribution in [0.25, 0.3) is 5.69 Å². The molecule has 0 spiro atoms. The van der Waals surface area contributed by atoms with Gasteiger partial charge in [-0.1, -0.05) is 17.7 Å². The Morgan fingerprint density at radius 2 is 2.18 bits per heavy atom. The van der Waals surface area contributed by atoms with E-state index in [2.05, 4.69) is 25.3 Å². The summed E-state index contributed by atoms with van der Waals surface area (Å²) in [4.78, 5) is 20.5. The maximum Gasteiger partial charge on any atom is 0.280 e. The molecule has 0 aliphatic rings. The van der Waals surface area contributed by atoms with Gasteiger partial charge in [0.15, 0.2) is 0 Å². The summed E-state index contributed by atoms with van der Waals surface area (Å²) in [5.41, 5.74) is 2.57. The molecule has 112 valence electrons. The lowest BCUT2D eigenvalue weighted by Crippen LogP contribution is -2.17. The van der Waals surface area contributed by atoms with Crippen LogP contribution < -0.4 is 5.56 Å². The predicted molar refractivity (Wildman–Crippen MR) is 84.5 cm³/mol. The number of benzene rings is 1. The smallest absolute Gasteiger partial charge is 0.280 e. The predicted octanol–water partition coefficient (Wildman–Crippen LogP) is 2.30. The number of nitrogens with one attached hydrogen (secondary N) is 2. The summed E-state index contributed by atoms with van der Waals surface area (Å²) in [5, 5.41) is 9.92. The monoisotopic (exact) mass is 316 g/mol. The van der Waals surface area contributed by atoms with Crippen molar-refractivity contribution in [3.63, 3.8) is 0 Å². The van der Waals surface area contributed by atoms with Crippen molar-refractivity contribution in [2.24, 2.45) is 4.99 Å². The minimum absolute atomic E-state index is 0.208. The average molecular weight is 317 g/mol. The van der Waals surface area contributed by atoms with E-state index < -0.39 is 0 Å². The lowest BCUT2D eigenvalue weighted by atomic mass is 10.2. The maximum absolute atomic E-state index is 12.5. The molecule has 2 N–H and O–H groups in total. The first-order valence-corrected chi connectivity index (χ1v) is 6.91. The molecule has 0 bridgehead atoms. The fourth-order valence-electron chi connectivity index (χ4n) is 2.00. The van der Waals surface area contributed by atoms with Gasteiger partial charge in [0.2, 0.25) is 5.95 Å². The Hall–Kier alpha value is -2.67. The van der Waals surface area contributed by atoms with Crippen LogP contribution >= 0.6 is 11.6 Å². The van der Waals surface area contributed by atoms with Crippen LogP contribution in [0.5, 0.6) is 0 Å². The first kappa shape index (κ1) is 14.3. The van der Waals surface area contributed by atoms with Gasteiger partial charge in [0.05, 0.1) is 11.3 Å². The third-order valence-electron chi connectivity index (χ3n) is 3.25. The quantitative estimate of drug-likeness (QED) is 0.726. The van der Waals surface area contributed by atoms with Crippen LogP contribution in [0.1, 0.15) is 16.8 Å². The summed E-state index contributed by atoms with van der Waals surface area (Å²) in [5.74, 6) is 0.338. The molecule has 0 amide bonds. The normalized spacial score (nSPS) is 11.4. The molecule has 0 radical (unpaired) electrons. The molecule has 0 aliphatic heterocycles. The minimum Gasteiger partial charge on any atom is -0.295 e. The number of hydrogen-bond acceptors (Lipinski definition) is 4. The van der Waals surface area contributed by atoms with Gasteiger partial charge in [-0.15, -0.1) is 0 Å². The van der Waals surface area contributed by atoms with Crippen LogP contribution in [-0.2, 0) is 0 Å². The maximum atomic E-state index is 12.5. The second-order valence-corrected chi connectivity index (χ2v) is 5.20. The van der Waals surface area contributed by atoms with E-state index in [1.807, 2.05) is 19.1 Å². The zero-order valence-corrected chi connectivity index (χ0v) is 12.7. The molecule has 1 aromatic carbocycles. The standard InChI is InChI=1S/C14H13ClN6O/c1-8-3-4-10(5-12(8)15)21-13(22)11(9(2)20-21)6-16-14-17-7-18-19-14/h3-7,20H,1-2H3,(H,17,18,19). The van der Waals surface area contributed by atoms with E-state index >= 15 is 0 Å². The van der Waals surface area contributed by atoms with Gasteiger partial charge >= 0.3 is 0 Å². The Morgan fingerprint density at radius 1 is 1.36 bits per heavy atom. The van der Waals surface area contributed by atoms with Gasteiger partial charge < -0.3 is 0 Å². The highest BCUT2D eigenvalue weighted by Gasteiger charge is 2.11. The summed E-state index contributed by atoms with van der Waals surface area (Å²) < 4.78 is 1.43. The SMILES string of the molecule is Cc1ccc(-n2[nH]c(C)c(C=Nc3ncn[nH]3)c2=O)cc1Cl. The average Bonchev–Trinajstić information content (AvgIpc) is 3.09. The number of H-pyrrole nitrogens is 2. The molecular formula is C14H13ClN6O. The van der Waals surface area contributed by atoms with Gasteiger partial charge in [0, 0.05) is 16.9 Å². The second-order valence-electron chi connectivity index (χ2n) is 4.79. The number of hydrogen-bond donors (Lipinski definition) is 2. The lowest BCUT2D eigenvalue weighted by molar-refractivity contribution is 0.835. The van der Waals surface area contributed by atoms with Crippen LogP contribution in [0.2, 0.25) is 5.02 Å². The van der Waals surface area contributed by atoms with Crippen molar-refractivity contribution in [3.8, 4) is 5.69 Å². The van der Waals surface area contributed by atoms with Gasteiger partial charge in [-0.05, 0) is 31.5 Å². The van der Waals surface area contributed by atoms with Gasteiger partial charge in [-0.3, -0.25) is 9.89 Å². The minimum atomic E-state index is -0.208. The Balaban J connectivity index is 2.03. The van der Waals surface area contributed by atoms with Crippen molar-refractivity contribution in [1.29, 1.82) is 0 Å². The molecular weight excluding hydrogens is 304 g/mol. The topological polar surface area (TPSA) is 91.7 Å². The van der Waals surface area contributed by atoms with Gasteiger partial charge in [-0.2, -0.15) is 10.1 Å². The third-order valence-corrected chi connectivity index (χ3v) is 3.66. The lowest BCUT2D eigenvalue weighted by Gasteiger charge is -2.03. The van der Waals surface area contributed by atoms with Crippen molar-refractivity contribution in [2.45, 2.75) is 13.8 Å². The highest BCUT2D eigenvalue weighted by atomic mass is 35.5. The van der Waals surface area contributed by atoms with Crippen molar-refractivity contribution >= 4 is 23.8 Å². The fourth-order valence-corrected chi connectivity index (χ4v) is 2.18. The summed E-state index contributed by atoms with van der Waals surface area (Å²) in [7, 11) is 0. The van der Waals surface area contributed by atoms with Gasteiger partial charge in [0.25, 0.3) is 5.56 Å². The van der Waals surface area contributed by atoms with E-state index in [1.54, 1.807) is 13.0 Å². The van der Waals surface area contributed by atoms with Crippen molar-refractivity contribution in [1.82, 2.24) is 25.0 Å². The zero-order chi connectivity index (χ0) is 15.7. The number of aryl methyl sites for hydroxylation is 2. The molecule has 7 nitrogen and oxygen atoms in total. The molecule has 8 heteroatoms. The second kappa shape index (κ2) is 5.61. The first-order chi connectivity index (χ1) is 10.6. The van der Waals surface area contributed by atoms with Crippen LogP contribution in [0.15, 0.2) is 34.3 Å². The van der Waals surface area contributed by atoms with Gasteiger partial charge in [-0.25, -0.2) is 14.8 Å². The molecule has 2 aromatic heterocycles. The Labute approximate surface area is 130 Å². The number of halogens is 1. The molecule has 0 unspecified atom stereocenters. The Morgan fingerprint density at radius 3 is 2.86 bits per heavy atom. The van der Waals surface area contributed by atoms with E-state index in [1.165, 1.54) is 17.2 Å². The van der Waals surface area contributed by atoms with E-state index in [4.69, 9.17) is 11.6 Å². The van der Waals surface area contributed by atoms with E-state index in [0.717, 1.165) is 5.56 Å². The van der Waals surface area contributed by atoms with Gasteiger partial charge in [0.1, 0.15) is 6.33 Å². The van der Waals surface area contributed by atoms with Crippen LogP contribution in [0.3, 0.4) is 0 Å². The molecule has 22 heavy (non-hydrogen) atoms. The largest absolute Gasteiger partial charge is 0.295 e. The van der Waals surface area contributed by atoms with E-state index in [0.29, 0.717) is 27.9 Å². The van der Waals surface area contributed by atoms with Crippen molar-refractivity contribution in [2.75, 3.05) is 0 Å². The molecule has 0 saturated carbocycles. The zero-order valence-electron chi connectivity index (χ0n) is 12.0. The highest BCUT2D eigenvalue weighted by molar-refractivity contribution is 6.31. The third kappa shape index (κ3) is 2.58. The Kier molecular flexibility index (Phi) is 3.64. The summed E-state index contributed by atoms with van der Waals surface area (Å²) in [6.07, 6.45) is 2.81. The molecule has 2 heterocycles. The fraction of sp³-hybridized carbons (Fsp3) is 0.143. The van der Waals surface area contributed by atoms with Crippen LogP contribution in [0.4, 0.5) is 5.95 Å². The molecule has 0 aliphatic carbocycles. The summed E-state index contributed by atoms with van der Waals surface area (Å²) >= 11 is 6.12. The van der Waals surface area contributed by atoms with Crippen molar-refractivity contribution < 1.29 is 0 Å². The molecule has 0 saturated heterocycles.